The monoisotopic (exact) mass is 179 g/mol. The molecule has 2 unspecified atom stereocenters. The van der Waals surface area contributed by atoms with Crippen LogP contribution in [-0.4, -0.2) is 24.0 Å². The fourth-order valence-electron chi connectivity index (χ4n) is 2.87. The fraction of sp³-hybridized carbons (Fsp3) is 0.833. The molecule has 0 N–H and O–H groups in total. The first-order valence-corrected chi connectivity index (χ1v) is 5.68. The normalized spacial score (nSPS) is 41.2. The van der Waals surface area contributed by atoms with Gasteiger partial charge >= 0.3 is 0 Å². The second kappa shape index (κ2) is 3.83. The Hall–Kier alpha value is -0.300. The third kappa shape index (κ3) is 1.96. The second-order valence-electron chi connectivity index (χ2n) is 4.83. The van der Waals surface area contributed by atoms with Crippen molar-refractivity contribution in [1.29, 1.82) is 0 Å². The summed E-state index contributed by atoms with van der Waals surface area (Å²) in [5.41, 5.74) is 0. The minimum absolute atomic E-state index is 0.765. The summed E-state index contributed by atoms with van der Waals surface area (Å²) in [4.78, 5) is 2.68. The van der Waals surface area contributed by atoms with Crippen LogP contribution in [0.25, 0.3) is 0 Å². The van der Waals surface area contributed by atoms with Crippen molar-refractivity contribution in [3.63, 3.8) is 0 Å². The lowest BCUT2D eigenvalue weighted by molar-refractivity contribution is 0.163. The Morgan fingerprint density at radius 2 is 2.08 bits per heavy atom. The molecule has 0 bridgehead atoms. The van der Waals surface area contributed by atoms with Crippen LogP contribution in [0.15, 0.2) is 12.2 Å². The van der Waals surface area contributed by atoms with Crippen molar-refractivity contribution >= 4 is 0 Å². The fourth-order valence-corrected chi connectivity index (χ4v) is 2.87. The molecule has 1 aliphatic heterocycles. The van der Waals surface area contributed by atoms with E-state index in [-0.39, 0.29) is 0 Å². The second-order valence-corrected chi connectivity index (χ2v) is 4.83. The third-order valence-corrected chi connectivity index (χ3v) is 3.61. The number of hydrogen-bond donors (Lipinski definition) is 0. The summed E-state index contributed by atoms with van der Waals surface area (Å²) in [6.45, 7) is 7.22. The maximum atomic E-state index is 2.68. The summed E-state index contributed by atoms with van der Waals surface area (Å²) in [5, 5.41) is 0. The van der Waals surface area contributed by atoms with Gasteiger partial charge in [-0.05, 0) is 24.7 Å². The van der Waals surface area contributed by atoms with Gasteiger partial charge in [0.15, 0.2) is 0 Å². The minimum atomic E-state index is 0.765. The van der Waals surface area contributed by atoms with Crippen LogP contribution in [0.2, 0.25) is 0 Å². The molecule has 1 nitrogen and oxygen atoms in total. The zero-order valence-corrected chi connectivity index (χ0v) is 8.87. The molecule has 0 aromatic heterocycles. The maximum absolute atomic E-state index is 2.68. The van der Waals surface area contributed by atoms with Crippen LogP contribution < -0.4 is 0 Å². The van der Waals surface area contributed by atoms with E-state index in [1.807, 2.05) is 0 Å². The number of hydrogen-bond acceptors (Lipinski definition) is 1. The molecule has 0 radical (unpaired) electrons. The molecule has 1 heteroatoms. The molecule has 1 aliphatic carbocycles. The van der Waals surface area contributed by atoms with Crippen molar-refractivity contribution in [2.45, 2.75) is 39.2 Å². The topological polar surface area (TPSA) is 3.24 Å². The third-order valence-electron chi connectivity index (χ3n) is 3.61. The van der Waals surface area contributed by atoms with E-state index in [1.54, 1.807) is 0 Å². The van der Waals surface area contributed by atoms with Gasteiger partial charge in [-0.15, -0.1) is 0 Å². The molecule has 2 rings (SSSR count). The van der Waals surface area contributed by atoms with Crippen LogP contribution in [-0.2, 0) is 0 Å². The first-order chi connectivity index (χ1) is 6.27. The Bertz CT molecular complexity index is 197. The molecule has 1 fully saturated rings. The lowest BCUT2D eigenvalue weighted by Crippen LogP contribution is -2.41. The van der Waals surface area contributed by atoms with Crippen molar-refractivity contribution < 1.29 is 0 Å². The van der Waals surface area contributed by atoms with Crippen LogP contribution >= 0.6 is 0 Å². The van der Waals surface area contributed by atoms with E-state index >= 15 is 0 Å². The molecular weight excluding hydrogens is 158 g/mol. The van der Waals surface area contributed by atoms with Gasteiger partial charge in [-0.1, -0.05) is 32.4 Å². The van der Waals surface area contributed by atoms with Crippen LogP contribution in [0.3, 0.4) is 0 Å². The van der Waals surface area contributed by atoms with E-state index in [2.05, 4.69) is 30.9 Å². The van der Waals surface area contributed by atoms with Crippen molar-refractivity contribution in [3.05, 3.63) is 12.2 Å². The highest BCUT2D eigenvalue weighted by Crippen LogP contribution is 2.30. The predicted octanol–water partition coefficient (Wildman–Crippen LogP) is 2.68. The Kier molecular flexibility index (Phi) is 2.73. The van der Waals surface area contributed by atoms with Crippen molar-refractivity contribution in [1.82, 2.24) is 4.90 Å². The lowest BCUT2D eigenvalue weighted by atomic mass is 10.00. The molecule has 0 saturated heterocycles. The van der Waals surface area contributed by atoms with E-state index in [4.69, 9.17) is 0 Å². The van der Waals surface area contributed by atoms with Crippen LogP contribution in [0.1, 0.15) is 33.1 Å². The van der Waals surface area contributed by atoms with Crippen LogP contribution in [0.4, 0.5) is 0 Å². The zero-order chi connectivity index (χ0) is 9.26. The van der Waals surface area contributed by atoms with Gasteiger partial charge in [0.1, 0.15) is 0 Å². The standard InChI is InChI=1S/C12H21N/c1-10-5-4-8-13(9-10)12-7-3-6-11(12)2/h4-5,10-12H,3,6-9H2,1-2H3/t10-,11?,12?/m1/s1. The molecular formula is C12H21N. The summed E-state index contributed by atoms with van der Waals surface area (Å²) in [7, 11) is 0. The Balaban J connectivity index is 1.96. The highest BCUT2D eigenvalue weighted by Gasteiger charge is 2.29. The van der Waals surface area contributed by atoms with E-state index in [0.717, 1.165) is 17.9 Å². The Labute approximate surface area is 81.8 Å². The molecule has 74 valence electrons. The van der Waals surface area contributed by atoms with Gasteiger partial charge < -0.3 is 0 Å². The average Bonchev–Trinajstić information content (AvgIpc) is 2.51. The summed E-state index contributed by atoms with van der Waals surface area (Å²) in [5.74, 6) is 1.69. The number of nitrogens with zero attached hydrogens (tertiary/aromatic N) is 1. The summed E-state index contributed by atoms with van der Waals surface area (Å²) >= 11 is 0. The molecule has 1 heterocycles. The zero-order valence-electron chi connectivity index (χ0n) is 8.87. The first kappa shape index (κ1) is 9.26. The van der Waals surface area contributed by atoms with Gasteiger partial charge in [0.2, 0.25) is 0 Å². The summed E-state index contributed by atoms with van der Waals surface area (Å²) in [6, 6.07) is 0.882. The molecule has 0 aromatic carbocycles. The van der Waals surface area contributed by atoms with Gasteiger partial charge in [0.05, 0.1) is 0 Å². The SMILES string of the molecule is CC1CCCC1N1CC=C[C@@H](C)C1. The Morgan fingerprint density at radius 3 is 2.69 bits per heavy atom. The lowest BCUT2D eigenvalue weighted by Gasteiger charge is -2.34. The van der Waals surface area contributed by atoms with Gasteiger partial charge in [-0.2, -0.15) is 0 Å². The summed E-state index contributed by atoms with van der Waals surface area (Å²) < 4.78 is 0. The molecule has 13 heavy (non-hydrogen) atoms. The van der Waals surface area contributed by atoms with E-state index in [9.17, 15) is 0 Å². The molecule has 0 amide bonds. The predicted molar refractivity (Wildman–Crippen MR) is 56.7 cm³/mol. The van der Waals surface area contributed by atoms with Gasteiger partial charge in [0, 0.05) is 19.1 Å². The summed E-state index contributed by atoms with van der Waals surface area (Å²) in [6.07, 6.45) is 9.02. The first-order valence-electron chi connectivity index (χ1n) is 5.68. The quantitative estimate of drug-likeness (QED) is 0.559. The Morgan fingerprint density at radius 1 is 1.23 bits per heavy atom. The van der Waals surface area contributed by atoms with Crippen molar-refractivity contribution in [2.75, 3.05) is 13.1 Å². The van der Waals surface area contributed by atoms with E-state index < -0.39 is 0 Å². The highest BCUT2D eigenvalue weighted by molar-refractivity contribution is 4.98. The highest BCUT2D eigenvalue weighted by atomic mass is 15.2. The van der Waals surface area contributed by atoms with Gasteiger partial charge in [-0.3, -0.25) is 4.90 Å². The average molecular weight is 179 g/mol. The van der Waals surface area contributed by atoms with Crippen LogP contribution in [0.5, 0.6) is 0 Å². The smallest absolute Gasteiger partial charge is 0.0166 e. The van der Waals surface area contributed by atoms with Crippen molar-refractivity contribution in [2.24, 2.45) is 11.8 Å². The molecule has 1 saturated carbocycles. The van der Waals surface area contributed by atoms with E-state index in [0.29, 0.717) is 0 Å². The molecule has 2 aliphatic rings. The molecule has 0 aromatic rings. The largest absolute Gasteiger partial charge is 0.296 e. The van der Waals surface area contributed by atoms with E-state index in [1.165, 1.54) is 32.4 Å². The molecule has 0 spiro atoms. The minimum Gasteiger partial charge on any atom is -0.296 e. The maximum Gasteiger partial charge on any atom is 0.0166 e. The van der Waals surface area contributed by atoms with Gasteiger partial charge in [-0.25, -0.2) is 0 Å². The number of rotatable bonds is 1. The van der Waals surface area contributed by atoms with Crippen molar-refractivity contribution in [3.8, 4) is 0 Å². The van der Waals surface area contributed by atoms with Gasteiger partial charge in [0.25, 0.3) is 0 Å². The van der Waals surface area contributed by atoms with Crippen LogP contribution in [0, 0.1) is 11.8 Å². The molecule has 3 atom stereocenters.